The first-order valence-electron chi connectivity index (χ1n) is 19.5. The molecule has 0 aliphatic rings. The Balaban J connectivity index is 6.40. The van der Waals surface area contributed by atoms with Gasteiger partial charge in [-0.3, -0.25) is 47.9 Å². The third-order valence-corrected chi connectivity index (χ3v) is 10.7. The summed E-state index contributed by atoms with van der Waals surface area (Å²) in [7, 11) is 0. The fourth-order valence-electron chi connectivity index (χ4n) is 5.36. The summed E-state index contributed by atoms with van der Waals surface area (Å²) in [6.07, 6.45) is -0.376. The van der Waals surface area contributed by atoms with Gasteiger partial charge in [-0.1, -0.05) is 34.1 Å². The SMILES string of the molecule is CC[C@H](C)[C@H](NC(=O)[C@H](CS)NC(=O)[C@H](CC(=O)O)NC(=O)[C@H](CCC(N)=O)NC(=O)[C@@H](N)CS)C(=O)N[C@@H](CCC(N)=O)C(=O)N[C@@H](CCSC)C(=O)N[C@H](C(=O)O)C(C)C. The summed E-state index contributed by atoms with van der Waals surface area (Å²) in [5, 5.41) is 35.8. The largest absolute Gasteiger partial charge is 0.481 e. The Morgan fingerprint density at radius 3 is 1.39 bits per heavy atom. The Kier molecular flexibility index (Phi) is 27.2. The fourth-order valence-corrected chi connectivity index (χ4v) is 6.25. The van der Waals surface area contributed by atoms with Gasteiger partial charge in [-0.15, -0.1) is 0 Å². The van der Waals surface area contributed by atoms with E-state index in [0.717, 1.165) is 0 Å². The monoisotopic (exact) mass is 938 g/mol. The van der Waals surface area contributed by atoms with Gasteiger partial charge in [0.1, 0.15) is 42.3 Å². The minimum atomic E-state index is -1.85. The van der Waals surface area contributed by atoms with Crippen LogP contribution in [-0.2, 0) is 52.7 Å². The van der Waals surface area contributed by atoms with Gasteiger partial charge in [-0.2, -0.15) is 37.0 Å². The summed E-state index contributed by atoms with van der Waals surface area (Å²) < 4.78 is 0. The molecule has 23 nitrogen and oxygen atoms in total. The molecule has 26 heteroatoms. The zero-order valence-corrected chi connectivity index (χ0v) is 37.9. The molecule has 9 atom stereocenters. The van der Waals surface area contributed by atoms with Crippen molar-refractivity contribution in [2.24, 2.45) is 29.0 Å². The topological polar surface area (TPSA) is 390 Å². The van der Waals surface area contributed by atoms with Crippen LogP contribution in [0.5, 0.6) is 0 Å². The van der Waals surface area contributed by atoms with Crippen LogP contribution in [0.2, 0.25) is 0 Å². The fraction of sp³-hybridized carbons (Fsp3) is 0.694. The Labute approximate surface area is 374 Å². The molecule has 0 rings (SSSR count). The second kappa shape index (κ2) is 29.5. The summed E-state index contributed by atoms with van der Waals surface area (Å²) in [6, 6.07) is -11.5. The molecule has 15 N–H and O–H groups in total. The van der Waals surface area contributed by atoms with E-state index < -0.39 is 150 Å². The van der Waals surface area contributed by atoms with Crippen LogP contribution < -0.4 is 54.4 Å². The van der Waals surface area contributed by atoms with Crippen molar-refractivity contribution in [1.29, 1.82) is 0 Å². The second-order valence-electron chi connectivity index (χ2n) is 14.6. The molecule has 0 heterocycles. The first-order valence-corrected chi connectivity index (χ1v) is 22.2. The van der Waals surface area contributed by atoms with E-state index in [1.54, 1.807) is 34.0 Å². The maximum atomic E-state index is 13.8. The van der Waals surface area contributed by atoms with Crippen molar-refractivity contribution in [3.8, 4) is 0 Å². The Bertz CT molecular complexity index is 1610. The van der Waals surface area contributed by atoms with Crippen LogP contribution >= 0.6 is 37.0 Å². The normalized spacial score (nSPS) is 15.4. The van der Waals surface area contributed by atoms with Crippen molar-refractivity contribution in [2.45, 2.75) is 121 Å². The quantitative estimate of drug-likeness (QED) is 0.0296. The summed E-state index contributed by atoms with van der Waals surface area (Å²) in [5.74, 6) is -12.5. The van der Waals surface area contributed by atoms with E-state index in [2.05, 4.69) is 62.5 Å². The molecule has 62 heavy (non-hydrogen) atoms. The molecule has 0 aromatic carbocycles. The van der Waals surface area contributed by atoms with Gasteiger partial charge in [0.2, 0.25) is 53.2 Å². The molecule has 0 fully saturated rings. The lowest BCUT2D eigenvalue weighted by Crippen LogP contribution is -2.61. The number of thioether (sulfide) groups is 1. The van der Waals surface area contributed by atoms with Crippen LogP contribution in [0.25, 0.3) is 0 Å². The molecule has 0 saturated heterocycles. The lowest BCUT2D eigenvalue weighted by Gasteiger charge is -2.29. The highest BCUT2D eigenvalue weighted by Gasteiger charge is 2.36. The number of carboxylic acid groups (broad SMARTS) is 2. The van der Waals surface area contributed by atoms with Crippen molar-refractivity contribution in [1.82, 2.24) is 37.2 Å². The summed E-state index contributed by atoms with van der Waals surface area (Å²) in [4.78, 5) is 140. The third-order valence-electron chi connectivity index (χ3n) is 9.25. The number of carbonyl (C=O) groups excluding carboxylic acids is 9. The zero-order chi connectivity index (χ0) is 47.9. The first-order chi connectivity index (χ1) is 28.9. The molecular weight excluding hydrogens is 877 g/mol. The number of amides is 9. The minimum absolute atomic E-state index is 0.0661. The molecular formula is C36H62N10O13S3. The summed E-state index contributed by atoms with van der Waals surface area (Å²) >= 11 is 9.39. The number of nitrogens with one attached hydrogen (secondary N) is 7. The third kappa shape index (κ3) is 21.3. The van der Waals surface area contributed by atoms with Gasteiger partial charge in [0.15, 0.2) is 0 Å². The summed E-state index contributed by atoms with van der Waals surface area (Å²) in [6.45, 7) is 6.44. The molecule has 9 amide bonds. The van der Waals surface area contributed by atoms with Gasteiger partial charge < -0.3 is 64.6 Å². The van der Waals surface area contributed by atoms with E-state index >= 15 is 0 Å². The number of primary amides is 2. The number of hydrogen-bond donors (Lipinski definition) is 14. The second-order valence-corrected chi connectivity index (χ2v) is 16.3. The van der Waals surface area contributed by atoms with Crippen molar-refractivity contribution in [3.05, 3.63) is 0 Å². The standard InChI is InChI=1S/C36H62N10O13S3/c1-6-17(4)28(35(57)42-20(8-10-25(39)48)30(52)41-21(11-12-62-5)32(54)45-27(16(2)3)36(58)59)46-34(56)23(15-61)44-33(55)22(13-26(49)50)43-31(53)19(7-9-24(38)47)40-29(51)18(37)14-60/h16-23,27-28,60-61H,6-15,37H2,1-5H3,(H2,38,47)(H2,39,48)(H,40,51)(H,41,52)(H,42,57)(H,43,53)(H,44,55)(H,45,54)(H,46,56)(H,49,50)(H,58,59)/t17-,18-,19-,20-,21-,22-,23-,27-,28-/m0/s1. The molecule has 0 saturated carbocycles. The van der Waals surface area contributed by atoms with Crippen LogP contribution in [0.15, 0.2) is 0 Å². The Morgan fingerprint density at radius 2 is 0.968 bits per heavy atom. The van der Waals surface area contributed by atoms with Crippen molar-refractivity contribution in [3.63, 3.8) is 0 Å². The van der Waals surface area contributed by atoms with Gasteiger partial charge in [-0.05, 0) is 43.1 Å². The van der Waals surface area contributed by atoms with Crippen molar-refractivity contribution in [2.75, 3.05) is 23.5 Å². The molecule has 0 unspecified atom stereocenters. The van der Waals surface area contributed by atoms with Gasteiger partial charge in [0, 0.05) is 24.3 Å². The lowest BCUT2D eigenvalue weighted by molar-refractivity contribution is -0.143. The number of hydrogen-bond acceptors (Lipinski definition) is 15. The minimum Gasteiger partial charge on any atom is -0.481 e. The van der Waals surface area contributed by atoms with Crippen LogP contribution in [0, 0.1) is 11.8 Å². The van der Waals surface area contributed by atoms with E-state index in [1.165, 1.54) is 11.8 Å². The Hall–Kier alpha value is -4.82. The molecule has 0 aromatic rings. The number of rotatable bonds is 31. The van der Waals surface area contributed by atoms with Crippen molar-refractivity contribution < 1.29 is 63.0 Å². The van der Waals surface area contributed by atoms with Crippen LogP contribution in [-0.4, -0.2) is 147 Å². The predicted molar refractivity (Wildman–Crippen MR) is 233 cm³/mol. The maximum Gasteiger partial charge on any atom is 0.326 e. The van der Waals surface area contributed by atoms with E-state index in [0.29, 0.717) is 5.75 Å². The first kappa shape index (κ1) is 57.2. The van der Waals surface area contributed by atoms with E-state index in [-0.39, 0.29) is 31.4 Å². The molecule has 0 aromatic heterocycles. The van der Waals surface area contributed by atoms with Gasteiger partial charge in [-0.25, -0.2) is 4.79 Å². The Morgan fingerprint density at radius 1 is 0.565 bits per heavy atom. The molecule has 352 valence electrons. The van der Waals surface area contributed by atoms with Crippen molar-refractivity contribution >= 4 is 102 Å². The van der Waals surface area contributed by atoms with Gasteiger partial charge >= 0.3 is 11.9 Å². The van der Waals surface area contributed by atoms with Crippen LogP contribution in [0.3, 0.4) is 0 Å². The van der Waals surface area contributed by atoms with Gasteiger partial charge in [0.05, 0.1) is 12.5 Å². The molecule has 0 bridgehead atoms. The lowest BCUT2D eigenvalue weighted by atomic mass is 9.97. The highest BCUT2D eigenvalue weighted by atomic mass is 32.2. The zero-order valence-electron chi connectivity index (χ0n) is 35.3. The molecule has 0 spiro atoms. The molecule has 0 aliphatic heterocycles. The predicted octanol–water partition coefficient (Wildman–Crippen LogP) is -3.89. The highest BCUT2D eigenvalue weighted by Crippen LogP contribution is 2.12. The van der Waals surface area contributed by atoms with Gasteiger partial charge in [0.25, 0.3) is 0 Å². The molecule has 0 radical (unpaired) electrons. The van der Waals surface area contributed by atoms with E-state index in [9.17, 15) is 63.0 Å². The van der Waals surface area contributed by atoms with Crippen LogP contribution in [0.1, 0.15) is 72.6 Å². The number of thiol groups is 2. The summed E-state index contributed by atoms with van der Waals surface area (Å²) in [5.41, 5.74) is 16.2. The van der Waals surface area contributed by atoms with E-state index in [4.69, 9.17) is 17.2 Å². The number of aliphatic carboxylic acids is 2. The average molecular weight is 939 g/mol. The van der Waals surface area contributed by atoms with E-state index in [1.807, 2.05) is 0 Å². The number of carbonyl (C=O) groups is 11. The average Bonchev–Trinajstić information content (AvgIpc) is 3.20. The van der Waals surface area contributed by atoms with Crippen LogP contribution in [0.4, 0.5) is 0 Å². The number of nitrogens with two attached hydrogens (primary N) is 3. The molecule has 0 aliphatic carbocycles. The maximum absolute atomic E-state index is 13.8. The number of carboxylic acids is 2. The highest BCUT2D eigenvalue weighted by molar-refractivity contribution is 7.98. The smallest absolute Gasteiger partial charge is 0.326 e.